The van der Waals surface area contributed by atoms with Crippen LogP contribution in [0.25, 0.3) is 0 Å². The van der Waals surface area contributed by atoms with Crippen molar-refractivity contribution in [1.82, 2.24) is 5.32 Å². The molecule has 0 saturated heterocycles. The average Bonchev–Trinajstić information content (AvgIpc) is 3.13. The van der Waals surface area contributed by atoms with Crippen LogP contribution in [-0.4, -0.2) is 47.8 Å². The highest BCUT2D eigenvalue weighted by Crippen LogP contribution is 2.43. The van der Waals surface area contributed by atoms with E-state index in [4.69, 9.17) is 14.8 Å². The third-order valence-electron chi connectivity index (χ3n) is 9.77. The summed E-state index contributed by atoms with van der Waals surface area (Å²) in [6.07, 6.45) is 45.2. The van der Waals surface area contributed by atoms with Crippen LogP contribution in [0.15, 0.2) is 24.3 Å². The molecule has 0 radical (unpaired) electrons. The van der Waals surface area contributed by atoms with Crippen molar-refractivity contribution in [1.29, 1.82) is 0 Å². The number of aliphatic hydroxyl groups is 1. The molecule has 0 aromatic heterocycles. The van der Waals surface area contributed by atoms with Crippen molar-refractivity contribution in [2.75, 3.05) is 19.8 Å². The van der Waals surface area contributed by atoms with Crippen molar-refractivity contribution in [3.8, 4) is 0 Å². The van der Waals surface area contributed by atoms with Crippen molar-refractivity contribution in [3.05, 3.63) is 24.3 Å². The van der Waals surface area contributed by atoms with Crippen LogP contribution in [-0.2, 0) is 18.4 Å². The van der Waals surface area contributed by atoms with Crippen LogP contribution >= 0.6 is 7.82 Å². The van der Waals surface area contributed by atoms with Gasteiger partial charge in [0.15, 0.2) is 0 Å². The second-order valence-corrected chi connectivity index (χ2v) is 16.4. The van der Waals surface area contributed by atoms with E-state index >= 15 is 0 Å². The number of phosphoric ester groups is 1. The third kappa shape index (κ3) is 37.3. The summed E-state index contributed by atoms with van der Waals surface area (Å²) in [6, 6.07) is -0.856. The summed E-state index contributed by atoms with van der Waals surface area (Å²) in [6.45, 7) is 4.12. The Morgan fingerprint density at radius 1 is 0.615 bits per heavy atom. The average molecular weight is 757 g/mol. The number of nitrogens with one attached hydrogen (secondary N) is 1. The number of unbranched alkanes of at least 4 members (excludes halogenated alkanes) is 27. The summed E-state index contributed by atoms with van der Waals surface area (Å²) >= 11 is 0. The van der Waals surface area contributed by atoms with E-state index in [1.54, 1.807) is 6.08 Å². The van der Waals surface area contributed by atoms with Crippen molar-refractivity contribution >= 4 is 13.7 Å². The van der Waals surface area contributed by atoms with E-state index in [2.05, 4.69) is 31.3 Å². The first-order chi connectivity index (χ1) is 25.4. The van der Waals surface area contributed by atoms with Crippen molar-refractivity contribution in [3.63, 3.8) is 0 Å². The molecule has 0 heterocycles. The van der Waals surface area contributed by atoms with Crippen molar-refractivity contribution in [2.45, 2.75) is 225 Å². The molecule has 0 rings (SSSR count). The summed E-state index contributed by atoms with van der Waals surface area (Å²) in [4.78, 5) is 22.6. The molecule has 1 amide bonds. The molecule has 3 atom stereocenters. The Morgan fingerprint density at radius 3 is 1.42 bits per heavy atom. The van der Waals surface area contributed by atoms with Crippen LogP contribution in [0.5, 0.6) is 0 Å². The van der Waals surface area contributed by atoms with Crippen LogP contribution < -0.4 is 11.1 Å². The maximum absolute atomic E-state index is 12.7. The van der Waals surface area contributed by atoms with Gasteiger partial charge in [0.25, 0.3) is 0 Å². The standard InChI is InChI=1S/C43H85N2O6P/c1-3-5-7-9-11-13-15-16-17-18-19-20-21-22-23-24-25-26-27-29-31-33-35-37-43(47)45-41(40-51-52(48,49)50-39-38-44)42(46)36-34-32-30-28-14-12-10-8-6-4-2/h18-19,34,36,41-42,46H,3-17,20-33,35,37-40,44H2,1-2H3,(H,45,47)(H,48,49)/b19-18-,36-34+. The number of rotatable bonds is 41. The zero-order chi connectivity index (χ0) is 38.2. The van der Waals surface area contributed by atoms with Crippen LogP contribution in [0.3, 0.4) is 0 Å². The maximum Gasteiger partial charge on any atom is 0.472 e. The number of carbonyl (C=O) groups is 1. The monoisotopic (exact) mass is 757 g/mol. The molecular formula is C43H85N2O6P. The molecule has 0 bridgehead atoms. The highest BCUT2D eigenvalue weighted by molar-refractivity contribution is 7.47. The Hall–Kier alpha value is -1.02. The minimum atomic E-state index is -4.33. The van der Waals surface area contributed by atoms with Crippen LogP contribution in [0.2, 0.25) is 0 Å². The van der Waals surface area contributed by atoms with Gasteiger partial charge in [0.2, 0.25) is 5.91 Å². The molecule has 0 spiro atoms. The minimum Gasteiger partial charge on any atom is -0.387 e. The molecular weight excluding hydrogens is 671 g/mol. The zero-order valence-corrected chi connectivity index (χ0v) is 35.0. The van der Waals surface area contributed by atoms with Crippen LogP contribution in [0.1, 0.15) is 213 Å². The first-order valence-corrected chi connectivity index (χ1v) is 23.5. The summed E-state index contributed by atoms with van der Waals surface area (Å²) < 4.78 is 22.1. The van der Waals surface area contributed by atoms with Gasteiger partial charge < -0.3 is 21.1 Å². The van der Waals surface area contributed by atoms with Crippen LogP contribution in [0.4, 0.5) is 0 Å². The number of allylic oxidation sites excluding steroid dienone is 3. The molecule has 5 N–H and O–H groups in total. The lowest BCUT2D eigenvalue weighted by molar-refractivity contribution is -0.123. The molecule has 308 valence electrons. The quantitative estimate of drug-likeness (QED) is 0.0277. The SMILES string of the molecule is CCCCCCCCCC/C=C\CCCCCCCCCCCCCC(=O)NC(COP(=O)(O)OCCN)C(O)/C=C/CCCCCCCCCC. The molecule has 0 saturated carbocycles. The van der Waals surface area contributed by atoms with Crippen LogP contribution in [0, 0.1) is 0 Å². The highest BCUT2D eigenvalue weighted by atomic mass is 31.2. The second-order valence-electron chi connectivity index (χ2n) is 14.9. The molecule has 0 aliphatic rings. The molecule has 0 aromatic rings. The Balaban J connectivity index is 4.04. The van der Waals surface area contributed by atoms with Gasteiger partial charge in [-0.05, 0) is 44.9 Å². The number of carbonyl (C=O) groups excluding carboxylic acids is 1. The van der Waals surface area contributed by atoms with Gasteiger partial charge in [-0.15, -0.1) is 0 Å². The predicted molar refractivity (Wildman–Crippen MR) is 221 cm³/mol. The van der Waals surface area contributed by atoms with E-state index in [0.717, 1.165) is 38.5 Å². The fourth-order valence-corrected chi connectivity index (χ4v) is 7.18. The van der Waals surface area contributed by atoms with Gasteiger partial charge in [-0.25, -0.2) is 4.57 Å². The summed E-state index contributed by atoms with van der Waals surface area (Å²) in [5, 5.41) is 13.6. The van der Waals surface area contributed by atoms with E-state index in [1.807, 2.05) is 6.08 Å². The topological polar surface area (TPSA) is 131 Å². The van der Waals surface area contributed by atoms with E-state index in [-0.39, 0.29) is 25.7 Å². The van der Waals surface area contributed by atoms with Gasteiger partial charge in [-0.2, -0.15) is 0 Å². The number of phosphoric acid groups is 1. The molecule has 0 aliphatic carbocycles. The zero-order valence-electron chi connectivity index (χ0n) is 34.1. The molecule has 52 heavy (non-hydrogen) atoms. The second kappa shape index (κ2) is 39.7. The largest absolute Gasteiger partial charge is 0.472 e. The van der Waals surface area contributed by atoms with Gasteiger partial charge >= 0.3 is 7.82 Å². The van der Waals surface area contributed by atoms with Gasteiger partial charge in [0.05, 0.1) is 25.4 Å². The Labute approximate surface area is 321 Å². The van der Waals surface area contributed by atoms with Gasteiger partial charge in [0, 0.05) is 13.0 Å². The fourth-order valence-electron chi connectivity index (χ4n) is 6.42. The molecule has 8 nitrogen and oxygen atoms in total. The number of amides is 1. The summed E-state index contributed by atoms with van der Waals surface area (Å²) in [5.41, 5.74) is 5.36. The summed E-state index contributed by atoms with van der Waals surface area (Å²) in [5.74, 6) is -0.196. The van der Waals surface area contributed by atoms with E-state index in [1.165, 1.54) is 154 Å². The smallest absolute Gasteiger partial charge is 0.387 e. The number of hydrogen-bond donors (Lipinski definition) is 4. The predicted octanol–water partition coefficient (Wildman–Crippen LogP) is 12.2. The third-order valence-corrected chi connectivity index (χ3v) is 10.8. The lowest BCUT2D eigenvalue weighted by Gasteiger charge is -2.23. The highest BCUT2D eigenvalue weighted by Gasteiger charge is 2.26. The Kier molecular flexibility index (Phi) is 38.9. The molecule has 9 heteroatoms. The van der Waals surface area contributed by atoms with Gasteiger partial charge in [0.1, 0.15) is 0 Å². The van der Waals surface area contributed by atoms with E-state index < -0.39 is 20.0 Å². The fraction of sp³-hybridized carbons (Fsp3) is 0.884. The number of nitrogens with two attached hydrogens (primary N) is 1. The van der Waals surface area contributed by atoms with Gasteiger partial charge in [-0.3, -0.25) is 13.8 Å². The maximum atomic E-state index is 12.7. The lowest BCUT2D eigenvalue weighted by Crippen LogP contribution is -2.45. The Morgan fingerprint density at radius 2 is 1.00 bits per heavy atom. The first-order valence-electron chi connectivity index (χ1n) is 22.0. The number of aliphatic hydroxyl groups excluding tert-OH is 1. The van der Waals surface area contributed by atoms with Crippen molar-refractivity contribution in [2.24, 2.45) is 5.73 Å². The molecule has 3 unspecified atom stereocenters. The molecule has 0 aliphatic heterocycles. The number of hydrogen-bond acceptors (Lipinski definition) is 6. The summed E-state index contributed by atoms with van der Waals surface area (Å²) in [7, 11) is -4.33. The lowest BCUT2D eigenvalue weighted by atomic mass is 10.0. The van der Waals surface area contributed by atoms with Crippen molar-refractivity contribution < 1.29 is 28.4 Å². The Bertz CT molecular complexity index is 871. The van der Waals surface area contributed by atoms with E-state index in [9.17, 15) is 19.4 Å². The minimum absolute atomic E-state index is 0.0793. The van der Waals surface area contributed by atoms with Gasteiger partial charge in [-0.1, -0.05) is 186 Å². The molecule has 0 aromatic carbocycles. The molecule has 0 fully saturated rings. The first kappa shape index (κ1) is 51.0. The normalized spacial score (nSPS) is 14.3. The van der Waals surface area contributed by atoms with E-state index in [0.29, 0.717) is 6.42 Å².